The van der Waals surface area contributed by atoms with E-state index < -0.39 is 0 Å². The SMILES string of the molecule is CC(CO)C1(c2ccccc2)CCCC1. The zero-order chi connectivity index (χ0) is 10.7. The van der Waals surface area contributed by atoms with Crippen LogP contribution in [0.2, 0.25) is 0 Å². The lowest BCUT2D eigenvalue weighted by Crippen LogP contribution is -2.32. The first-order valence-corrected chi connectivity index (χ1v) is 5.96. The van der Waals surface area contributed by atoms with Gasteiger partial charge in [-0.15, -0.1) is 0 Å². The summed E-state index contributed by atoms with van der Waals surface area (Å²) in [7, 11) is 0. The molecule has 1 fully saturated rings. The Morgan fingerprint density at radius 1 is 1.20 bits per heavy atom. The quantitative estimate of drug-likeness (QED) is 0.802. The molecule has 1 atom stereocenters. The minimum Gasteiger partial charge on any atom is -0.396 e. The highest BCUT2D eigenvalue weighted by atomic mass is 16.3. The van der Waals surface area contributed by atoms with Gasteiger partial charge in [-0.2, -0.15) is 0 Å². The van der Waals surface area contributed by atoms with Gasteiger partial charge in [0.1, 0.15) is 0 Å². The molecule has 1 aliphatic carbocycles. The topological polar surface area (TPSA) is 20.2 Å². The largest absolute Gasteiger partial charge is 0.396 e. The Bertz CT molecular complexity index is 298. The van der Waals surface area contributed by atoms with E-state index in [1.54, 1.807) is 0 Å². The third kappa shape index (κ3) is 1.81. The van der Waals surface area contributed by atoms with Gasteiger partial charge < -0.3 is 5.11 Å². The highest BCUT2D eigenvalue weighted by Crippen LogP contribution is 2.46. The molecule has 0 spiro atoms. The standard InChI is InChI=1S/C14H20O/c1-12(11-15)14(9-5-6-10-14)13-7-3-2-4-8-13/h2-4,7-8,12,15H,5-6,9-11H2,1H3. The molecule has 0 aromatic heterocycles. The second-order valence-electron chi connectivity index (χ2n) is 4.81. The molecular weight excluding hydrogens is 184 g/mol. The molecule has 1 N–H and O–H groups in total. The summed E-state index contributed by atoms with van der Waals surface area (Å²) in [5, 5.41) is 9.42. The Morgan fingerprint density at radius 2 is 1.80 bits per heavy atom. The molecule has 82 valence electrons. The second kappa shape index (κ2) is 4.36. The maximum Gasteiger partial charge on any atom is 0.0465 e. The minimum absolute atomic E-state index is 0.246. The van der Waals surface area contributed by atoms with E-state index in [2.05, 4.69) is 37.3 Å². The van der Waals surface area contributed by atoms with Crippen LogP contribution in [0.3, 0.4) is 0 Å². The Kier molecular flexibility index (Phi) is 3.11. The van der Waals surface area contributed by atoms with Gasteiger partial charge in [-0.05, 0) is 24.3 Å². The van der Waals surface area contributed by atoms with E-state index >= 15 is 0 Å². The number of benzene rings is 1. The van der Waals surface area contributed by atoms with Crippen molar-refractivity contribution in [2.45, 2.75) is 38.0 Å². The molecule has 15 heavy (non-hydrogen) atoms. The highest BCUT2D eigenvalue weighted by molar-refractivity contribution is 5.27. The van der Waals surface area contributed by atoms with Crippen molar-refractivity contribution in [3.8, 4) is 0 Å². The Balaban J connectivity index is 2.35. The van der Waals surface area contributed by atoms with Crippen molar-refractivity contribution in [2.75, 3.05) is 6.61 Å². The van der Waals surface area contributed by atoms with Gasteiger partial charge in [0.05, 0.1) is 0 Å². The summed E-state index contributed by atoms with van der Waals surface area (Å²) in [5.74, 6) is 0.377. The van der Waals surface area contributed by atoms with Gasteiger partial charge in [0, 0.05) is 12.0 Å². The monoisotopic (exact) mass is 204 g/mol. The zero-order valence-electron chi connectivity index (χ0n) is 9.45. The molecule has 0 heterocycles. The van der Waals surface area contributed by atoms with Crippen molar-refractivity contribution >= 4 is 0 Å². The first-order valence-electron chi connectivity index (χ1n) is 5.96. The summed E-state index contributed by atoms with van der Waals surface area (Å²) in [5.41, 5.74) is 1.67. The number of aliphatic hydroxyl groups excluding tert-OH is 1. The molecule has 0 amide bonds. The molecule has 1 aliphatic rings. The van der Waals surface area contributed by atoms with Gasteiger partial charge in [0.25, 0.3) is 0 Å². The zero-order valence-corrected chi connectivity index (χ0v) is 9.45. The van der Waals surface area contributed by atoms with Gasteiger partial charge in [0.2, 0.25) is 0 Å². The molecule has 1 heteroatoms. The van der Waals surface area contributed by atoms with Gasteiger partial charge >= 0.3 is 0 Å². The summed E-state index contributed by atoms with van der Waals surface area (Å²) in [4.78, 5) is 0. The van der Waals surface area contributed by atoms with Gasteiger partial charge in [0.15, 0.2) is 0 Å². The number of hydrogen-bond donors (Lipinski definition) is 1. The Morgan fingerprint density at radius 3 is 2.33 bits per heavy atom. The molecule has 1 nitrogen and oxygen atoms in total. The average molecular weight is 204 g/mol. The van der Waals surface area contributed by atoms with E-state index in [1.807, 2.05) is 0 Å². The molecule has 0 aliphatic heterocycles. The van der Waals surface area contributed by atoms with Crippen molar-refractivity contribution in [3.05, 3.63) is 35.9 Å². The lowest BCUT2D eigenvalue weighted by atomic mass is 9.70. The van der Waals surface area contributed by atoms with Crippen LogP contribution < -0.4 is 0 Å². The lowest BCUT2D eigenvalue weighted by Gasteiger charge is -2.35. The number of rotatable bonds is 3. The molecule has 0 radical (unpaired) electrons. The van der Waals surface area contributed by atoms with E-state index in [1.165, 1.54) is 31.2 Å². The highest BCUT2D eigenvalue weighted by Gasteiger charge is 2.39. The molecule has 1 aromatic rings. The van der Waals surface area contributed by atoms with Crippen LogP contribution in [-0.4, -0.2) is 11.7 Å². The van der Waals surface area contributed by atoms with Crippen molar-refractivity contribution < 1.29 is 5.11 Å². The maximum atomic E-state index is 9.42. The van der Waals surface area contributed by atoms with Crippen molar-refractivity contribution in [2.24, 2.45) is 5.92 Å². The maximum absolute atomic E-state index is 9.42. The Labute approximate surface area is 92.1 Å². The van der Waals surface area contributed by atoms with Gasteiger partial charge in [-0.25, -0.2) is 0 Å². The van der Waals surface area contributed by atoms with Crippen LogP contribution in [-0.2, 0) is 5.41 Å². The fourth-order valence-corrected chi connectivity index (χ4v) is 3.02. The fourth-order valence-electron chi connectivity index (χ4n) is 3.02. The molecular formula is C14H20O. The van der Waals surface area contributed by atoms with Crippen LogP contribution in [0.1, 0.15) is 38.2 Å². The molecule has 0 saturated heterocycles. The number of hydrogen-bond acceptors (Lipinski definition) is 1. The summed E-state index contributed by atoms with van der Waals surface area (Å²) in [6.07, 6.45) is 5.08. The summed E-state index contributed by atoms with van der Waals surface area (Å²) in [6.45, 7) is 2.48. The van der Waals surface area contributed by atoms with Gasteiger partial charge in [-0.3, -0.25) is 0 Å². The normalized spacial score (nSPS) is 21.5. The third-order valence-corrected chi connectivity index (χ3v) is 4.06. The van der Waals surface area contributed by atoms with Crippen LogP contribution in [0, 0.1) is 5.92 Å². The molecule has 1 aromatic carbocycles. The number of aliphatic hydroxyl groups is 1. The average Bonchev–Trinajstić information content (AvgIpc) is 2.79. The first-order chi connectivity index (χ1) is 7.29. The van der Waals surface area contributed by atoms with Crippen LogP contribution in [0.25, 0.3) is 0 Å². The van der Waals surface area contributed by atoms with E-state index in [0.29, 0.717) is 12.5 Å². The Hall–Kier alpha value is -0.820. The van der Waals surface area contributed by atoms with E-state index in [0.717, 1.165) is 0 Å². The summed E-state index contributed by atoms with van der Waals surface area (Å²) in [6, 6.07) is 10.7. The predicted octanol–water partition coefficient (Wildman–Crippen LogP) is 3.13. The van der Waals surface area contributed by atoms with Gasteiger partial charge in [-0.1, -0.05) is 50.1 Å². The van der Waals surface area contributed by atoms with Crippen LogP contribution in [0.15, 0.2) is 30.3 Å². The van der Waals surface area contributed by atoms with Crippen molar-refractivity contribution in [1.82, 2.24) is 0 Å². The first kappa shape index (κ1) is 10.7. The molecule has 1 saturated carbocycles. The summed E-state index contributed by atoms with van der Waals surface area (Å²) < 4.78 is 0. The van der Waals surface area contributed by atoms with Crippen molar-refractivity contribution in [1.29, 1.82) is 0 Å². The van der Waals surface area contributed by atoms with Crippen LogP contribution in [0.4, 0.5) is 0 Å². The van der Waals surface area contributed by atoms with E-state index in [4.69, 9.17) is 0 Å². The third-order valence-electron chi connectivity index (χ3n) is 4.06. The van der Waals surface area contributed by atoms with E-state index in [9.17, 15) is 5.11 Å². The fraction of sp³-hybridized carbons (Fsp3) is 0.571. The van der Waals surface area contributed by atoms with E-state index in [-0.39, 0.29) is 5.41 Å². The minimum atomic E-state index is 0.246. The lowest BCUT2D eigenvalue weighted by molar-refractivity contribution is 0.163. The smallest absolute Gasteiger partial charge is 0.0465 e. The molecule has 2 rings (SSSR count). The summed E-state index contributed by atoms with van der Waals surface area (Å²) >= 11 is 0. The van der Waals surface area contributed by atoms with Crippen LogP contribution in [0.5, 0.6) is 0 Å². The second-order valence-corrected chi connectivity index (χ2v) is 4.81. The molecule has 0 bridgehead atoms. The van der Waals surface area contributed by atoms with Crippen molar-refractivity contribution in [3.63, 3.8) is 0 Å². The predicted molar refractivity (Wildman–Crippen MR) is 62.8 cm³/mol. The molecule has 1 unspecified atom stereocenters. The van der Waals surface area contributed by atoms with Crippen LogP contribution >= 0.6 is 0 Å².